The first-order valence-electron chi connectivity index (χ1n) is 6.10. The number of benzene rings is 1. The van der Waals surface area contributed by atoms with Crippen molar-refractivity contribution < 1.29 is 13.9 Å². The Hall–Kier alpha value is -2.24. The van der Waals surface area contributed by atoms with E-state index in [9.17, 15) is 13.9 Å². The highest BCUT2D eigenvalue weighted by Gasteiger charge is 2.10. The Kier molecular flexibility index (Phi) is 4.12. The first-order chi connectivity index (χ1) is 9.47. The lowest BCUT2D eigenvalue weighted by Crippen LogP contribution is -2.04. The second-order valence-electron chi connectivity index (χ2n) is 4.56. The van der Waals surface area contributed by atoms with Gasteiger partial charge in [-0.1, -0.05) is 12.1 Å². The van der Waals surface area contributed by atoms with Crippen LogP contribution in [0.15, 0.2) is 24.5 Å². The summed E-state index contributed by atoms with van der Waals surface area (Å²) in [6.07, 6.45) is -1.51. The Balaban J connectivity index is 2.11. The monoisotopic (exact) mass is 279 g/mol. The fourth-order valence-corrected chi connectivity index (χ4v) is 1.93. The van der Waals surface area contributed by atoms with E-state index in [-0.39, 0.29) is 11.4 Å². The molecule has 0 saturated carbocycles. The Morgan fingerprint density at radius 3 is 2.40 bits per heavy atom. The lowest BCUT2D eigenvalue weighted by molar-refractivity contribution is 0.146. The van der Waals surface area contributed by atoms with Gasteiger partial charge in [-0.25, -0.2) is 18.7 Å². The first kappa shape index (κ1) is 14.2. The van der Waals surface area contributed by atoms with Crippen LogP contribution >= 0.6 is 0 Å². The molecule has 0 spiro atoms. The Morgan fingerprint density at radius 1 is 1.15 bits per heavy atom. The van der Waals surface area contributed by atoms with Crippen LogP contribution in [0, 0.1) is 13.8 Å². The third-order valence-corrected chi connectivity index (χ3v) is 2.94. The smallest absolute Gasteiger partial charge is 0.280 e. The van der Waals surface area contributed by atoms with Gasteiger partial charge in [0.15, 0.2) is 0 Å². The van der Waals surface area contributed by atoms with Gasteiger partial charge in [-0.15, -0.1) is 0 Å². The van der Waals surface area contributed by atoms with Gasteiger partial charge in [0.05, 0.1) is 0 Å². The molecule has 0 fully saturated rings. The molecule has 1 heterocycles. The maximum absolute atomic E-state index is 12.5. The average Bonchev–Trinajstić information content (AvgIpc) is 2.42. The summed E-state index contributed by atoms with van der Waals surface area (Å²) in [7, 11) is 0. The standard InChI is InChI=1S/C14H15F2N3O/c1-8-3-10(4-9(2)13(8)20)6-17-12-5-11(14(15)16)18-7-19-12/h3-5,7,14,20H,6H2,1-2H3,(H,17,18,19). The first-order valence-corrected chi connectivity index (χ1v) is 6.10. The zero-order valence-electron chi connectivity index (χ0n) is 11.2. The second-order valence-corrected chi connectivity index (χ2v) is 4.56. The summed E-state index contributed by atoms with van der Waals surface area (Å²) < 4.78 is 25.0. The van der Waals surface area contributed by atoms with Crippen molar-refractivity contribution in [1.82, 2.24) is 9.97 Å². The van der Waals surface area contributed by atoms with Crippen LogP contribution in [0.2, 0.25) is 0 Å². The number of aromatic hydroxyl groups is 1. The lowest BCUT2D eigenvalue weighted by Gasteiger charge is -2.10. The molecule has 1 aromatic carbocycles. The number of phenols is 1. The van der Waals surface area contributed by atoms with Gasteiger partial charge >= 0.3 is 0 Å². The molecule has 0 aliphatic heterocycles. The zero-order valence-corrected chi connectivity index (χ0v) is 11.2. The molecule has 0 amide bonds. The molecule has 0 atom stereocenters. The summed E-state index contributed by atoms with van der Waals surface area (Å²) in [5.74, 6) is 0.620. The Bertz CT molecular complexity index is 594. The maximum Gasteiger partial charge on any atom is 0.280 e. The highest BCUT2D eigenvalue weighted by Crippen LogP contribution is 2.23. The number of aryl methyl sites for hydroxylation is 2. The predicted molar refractivity (Wildman–Crippen MR) is 71.9 cm³/mol. The largest absolute Gasteiger partial charge is 0.507 e. The molecule has 106 valence electrons. The van der Waals surface area contributed by atoms with E-state index < -0.39 is 6.43 Å². The van der Waals surface area contributed by atoms with Crippen molar-refractivity contribution in [1.29, 1.82) is 0 Å². The van der Waals surface area contributed by atoms with Crippen LogP contribution in [0.25, 0.3) is 0 Å². The molecule has 0 radical (unpaired) electrons. The van der Waals surface area contributed by atoms with Crippen molar-refractivity contribution >= 4 is 5.82 Å². The maximum atomic E-state index is 12.5. The van der Waals surface area contributed by atoms with Crippen molar-refractivity contribution in [3.63, 3.8) is 0 Å². The van der Waals surface area contributed by atoms with E-state index in [4.69, 9.17) is 0 Å². The fraction of sp³-hybridized carbons (Fsp3) is 0.286. The summed E-state index contributed by atoms with van der Waals surface area (Å²) in [4.78, 5) is 7.39. The molecule has 6 heteroatoms. The van der Waals surface area contributed by atoms with Crippen LogP contribution in [-0.2, 0) is 6.54 Å². The molecule has 2 N–H and O–H groups in total. The van der Waals surface area contributed by atoms with E-state index in [0.29, 0.717) is 12.4 Å². The van der Waals surface area contributed by atoms with Crippen molar-refractivity contribution in [2.24, 2.45) is 0 Å². The van der Waals surface area contributed by atoms with E-state index in [1.807, 2.05) is 26.0 Å². The fourth-order valence-electron chi connectivity index (χ4n) is 1.93. The highest BCUT2D eigenvalue weighted by molar-refractivity contribution is 5.44. The molecular weight excluding hydrogens is 264 g/mol. The molecule has 0 saturated heterocycles. The number of aromatic nitrogens is 2. The molecule has 0 bridgehead atoms. The van der Waals surface area contributed by atoms with Crippen molar-refractivity contribution in [3.8, 4) is 5.75 Å². The van der Waals surface area contributed by atoms with Gasteiger partial charge in [0, 0.05) is 12.6 Å². The third-order valence-electron chi connectivity index (χ3n) is 2.94. The Labute approximate surface area is 115 Å². The number of phenolic OH excluding ortho intramolecular Hbond substituents is 1. The topological polar surface area (TPSA) is 58.0 Å². The van der Waals surface area contributed by atoms with Gasteiger partial charge in [0.25, 0.3) is 6.43 Å². The van der Waals surface area contributed by atoms with Gasteiger partial charge in [-0.2, -0.15) is 0 Å². The van der Waals surface area contributed by atoms with E-state index >= 15 is 0 Å². The van der Waals surface area contributed by atoms with Crippen LogP contribution in [0.5, 0.6) is 5.75 Å². The minimum absolute atomic E-state index is 0.274. The quantitative estimate of drug-likeness (QED) is 0.901. The van der Waals surface area contributed by atoms with Crippen LogP contribution in [-0.4, -0.2) is 15.1 Å². The summed E-state index contributed by atoms with van der Waals surface area (Å²) >= 11 is 0. The van der Waals surface area contributed by atoms with E-state index in [0.717, 1.165) is 23.0 Å². The number of nitrogens with zero attached hydrogens (tertiary/aromatic N) is 2. The van der Waals surface area contributed by atoms with Crippen LogP contribution < -0.4 is 5.32 Å². The van der Waals surface area contributed by atoms with Crippen LogP contribution in [0.3, 0.4) is 0 Å². The highest BCUT2D eigenvalue weighted by atomic mass is 19.3. The van der Waals surface area contributed by atoms with Gasteiger partial charge < -0.3 is 10.4 Å². The van der Waals surface area contributed by atoms with Crippen molar-refractivity contribution in [2.45, 2.75) is 26.8 Å². The van der Waals surface area contributed by atoms with Gasteiger partial charge in [-0.3, -0.25) is 0 Å². The predicted octanol–water partition coefficient (Wildman–Crippen LogP) is 3.35. The number of halogens is 2. The summed E-state index contributed by atoms with van der Waals surface area (Å²) in [5.41, 5.74) is 2.19. The number of nitrogens with one attached hydrogen (secondary N) is 1. The lowest BCUT2D eigenvalue weighted by atomic mass is 10.1. The minimum Gasteiger partial charge on any atom is -0.507 e. The number of anilines is 1. The molecular formula is C14H15F2N3O. The Morgan fingerprint density at radius 2 is 1.80 bits per heavy atom. The van der Waals surface area contributed by atoms with Crippen LogP contribution in [0.1, 0.15) is 28.8 Å². The molecule has 4 nitrogen and oxygen atoms in total. The van der Waals surface area contributed by atoms with E-state index in [1.54, 1.807) is 0 Å². The van der Waals surface area contributed by atoms with E-state index in [2.05, 4.69) is 15.3 Å². The van der Waals surface area contributed by atoms with Crippen LogP contribution in [0.4, 0.5) is 14.6 Å². The summed E-state index contributed by atoms with van der Waals surface area (Å²) in [6.45, 7) is 4.05. The number of alkyl halides is 2. The van der Waals surface area contributed by atoms with Gasteiger partial charge in [0.1, 0.15) is 23.6 Å². The summed E-state index contributed by atoms with van der Waals surface area (Å²) in [5, 5.41) is 12.7. The third kappa shape index (κ3) is 3.20. The zero-order chi connectivity index (χ0) is 14.7. The number of hydrogen-bond acceptors (Lipinski definition) is 4. The number of hydrogen-bond donors (Lipinski definition) is 2. The SMILES string of the molecule is Cc1cc(CNc2cc(C(F)F)ncn2)cc(C)c1O. The van der Waals surface area contributed by atoms with Gasteiger partial charge in [0.2, 0.25) is 0 Å². The molecule has 20 heavy (non-hydrogen) atoms. The summed E-state index contributed by atoms with van der Waals surface area (Å²) in [6, 6.07) is 4.90. The molecule has 2 aromatic rings. The number of rotatable bonds is 4. The molecule has 1 aromatic heterocycles. The van der Waals surface area contributed by atoms with Crippen molar-refractivity contribution in [3.05, 3.63) is 46.9 Å². The second kappa shape index (κ2) is 5.81. The molecule has 0 unspecified atom stereocenters. The van der Waals surface area contributed by atoms with Crippen molar-refractivity contribution in [2.75, 3.05) is 5.32 Å². The van der Waals surface area contributed by atoms with Gasteiger partial charge in [-0.05, 0) is 30.5 Å². The molecule has 0 aliphatic rings. The average molecular weight is 279 g/mol. The molecule has 2 rings (SSSR count). The van der Waals surface area contributed by atoms with E-state index in [1.165, 1.54) is 6.07 Å². The molecule has 0 aliphatic carbocycles. The minimum atomic E-state index is -2.61. The normalized spacial score (nSPS) is 10.8.